The number of aryl methyl sites for hydroxylation is 1. The molecule has 2 aromatic rings. The van der Waals surface area contributed by atoms with Crippen LogP contribution in [0.25, 0.3) is 0 Å². The van der Waals surface area contributed by atoms with Crippen molar-refractivity contribution >= 4 is 17.9 Å². The van der Waals surface area contributed by atoms with E-state index in [0.717, 1.165) is 4.90 Å². The van der Waals surface area contributed by atoms with Crippen LogP contribution in [0.5, 0.6) is 0 Å². The molecule has 3 rings (SSSR count). The number of benzene rings is 1. The molecule has 0 unspecified atom stereocenters. The molecule has 1 aromatic heterocycles. The number of furan rings is 1. The molecule has 25 heavy (non-hydrogen) atoms. The van der Waals surface area contributed by atoms with Crippen LogP contribution in [-0.4, -0.2) is 29.9 Å². The van der Waals surface area contributed by atoms with E-state index in [1.54, 1.807) is 38.1 Å². The van der Waals surface area contributed by atoms with Gasteiger partial charge in [-0.15, -0.1) is 0 Å². The average molecular weight is 342 g/mol. The van der Waals surface area contributed by atoms with Crippen molar-refractivity contribution in [3.63, 3.8) is 0 Å². The van der Waals surface area contributed by atoms with E-state index >= 15 is 0 Å². The van der Waals surface area contributed by atoms with Gasteiger partial charge in [-0.1, -0.05) is 30.3 Å². The zero-order chi connectivity index (χ0) is 18.2. The molecule has 1 aliphatic heterocycles. The van der Waals surface area contributed by atoms with Crippen LogP contribution < -0.4 is 5.32 Å². The van der Waals surface area contributed by atoms with Crippen LogP contribution in [0.15, 0.2) is 40.8 Å². The van der Waals surface area contributed by atoms with Gasteiger partial charge in [0.2, 0.25) is 0 Å². The van der Waals surface area contributed by atoms with E-state index in [1.165, 1.54) is 13.2 Å². The van der Waals surface area contributed by atoms with E-state index in [0.29, 0.717) is 17.1 Å². The van der Waals surface area contributed by atoms with E-state index in [4.69, 9.17) is 4.42 Å². The van der Waals surface area contributed by atoms with Crippen molar-refractivity contribution in [1.82, 2.24) is 10.2 Å². The molecule has 7 heteroatoms. The van der Waals surface area contributed by atoms with E-state index in [1.807, 2.05) is 6.07 Å². The van der Waals surface area contributed by atoms with Crippen molar-refractivity contribution in [2.24, 2.45) is 0 Å². The maximum atomic E-state index is 12.8. The van der Waals surface area contributed by atoms with Gasteiger partial charge in [-0.05, 0) is 25.5 Å². The monoisotopic (exact) mass is 342 g/mol. The number of amides is 3. The molecule has 1 atom stereocenters. The lowest BCUT2D eigenvalue weighted by molar-refractivity contribution is -0.131. The molecular weight excluding hydrogens is 324 g/mol. The largest absolute Gasteiger partial charge is 0.465 e. The van der Waals surface area contributed by atoms with Gasteiger partial charge >= 0.3 is 12.0 Å². The molecule has 0 radical (unpaired) electrons. The van der Waals surface area contributed by atoms with Crippen molar-refractivity contribution in [3.05, 3.63) is 59.0 Å². The quantitative estimate of drug-likeness (QED) is 0.680. The standard InChI is InChI=1S/C18H18N2O5/c1-11-14(15(21)24-3)9-13(25-11)10-20-16(22)18(2,19-17(20)23)12-7-5-4-6-8-12/h4-9H,10H2,1-3H3,(H,19,23)/t18-/m1/s1. The minimum absolute atomic E-state index is 0.0646. The van der Waals surface area contributed by atoms with Gasteiger partial charge < -0.3 is 14.5 Å². The van der Waals surface area contributed by atoms with Crippen molar-refractivity contribution in [3.8, 4) is 0 Å². The van der Waals surface area contributed by atoms with Gasteiger partial charge in [0.1, 0.15) is 22.6 Å². The number of urea groups is 1. The minimum atomic E-state index is -1.13. The van der Waals surface area contributed by atoms with E-state index in [2.05, 4.69) is 10.1 Å². The lowest BCUT2D eigenvalue weighted by atomic mass is 9.92. The maximum absolute atomic E-state index is 12.8. The number of nitrogens with zero attached hydrogens (tertiary/aromatic N) is 1. The first-order valence-electron chi connectivity index (χ1n) is 7.74. The van der Waals surface area contributed by atoms with Crippen LogP contribution in [-0.2, 0) is 21.6 Å². The fourth-order valence-corrected chi connectivity index (χ4v) is 2.90. The van der Waals surface area contributed by atoms with Gasteiger partial charge in [-0.25, -0.2) is 9.59 Å². The number of imide groups is 1. The lowest BCUT2D eigenvalue weighted by Crippen LogP contribution is -2.40. The molecule has 0 saturated carbocycles. The number of carbonyl (C=O) groups excluding carboxylic acids is 3. The first-order chi connectivity index (χ1) is 11.9. The Kier molecular flexibility index (Phi) is 4.08. The summed E-state index contributed by atoms with van der Waals surface area (Å²) in [4.78, 5) is 37.9. The molecule has 0 bridgehead atoms. The van der Waals surface area contributed by atoms with Crippen LogP contribution in [0.1, 0.15) is 34.4 Å². The molecule has 1 N–H and O–H groups in total. The lowest BCUT2D eigenvalue weighted by Gasteiger charge is -2.21. The molecule has 1 aliphatic rings. The number of esters is 1. The third kappa shape index (κ3) is 2.77. The fourth-order valence-electron chi connectivity index (χ4n) is 2.90. The summed E-state index contributed by atoms with van der Waals surface area (Å²) in [6.07, 6.45) is 0. The van der Waals surface area contributed by atoms with Crippen molar-refractivity contribution in [1.29, 1.82) is 0 Å². The van der Waals surface area contributed by atoms with Crippen LogP contribution in [0.2, 0.25) is 0 Å². The van der Waals surface area contributed by atoms with E-state index in [9.17, 15) is 14.4 Å². The first kappa shape index (κ1) is 16.8. The molecule has 3 amide bonds. The fraction of sp³-hybridized carbons (Fsp3) is 0.278. The van der Waals surface area contributed by atoms with Crippen LogP contribution in [0, 0.1) is 6.92 Å². The molecule has 0 aliphatic carbocycles. The van der Waals surface area contributed by atoms with Crippen LogP contribution >= 0.6 is 0 Å². The molecule has 1 aromatic carbocycles. The molecule has 2 heterocycles. The highest BCUT2D eigenvalue weighted by atomic mass is 16.5. The number of rotatable bonds is 4. The number of hydrogen-bond acceptors (Lipinski definition) is 5. The normalized spacial score (nSPS) is 19.9. The van der Waals surface area contributed by atoms with Gasteiger partial charge in [0.25, 0.3) is 5.91 Å². The third-order valence-electron chi connectivity index (χ3n) is 4.31. The van der Waals surface area contributed by atoms with E-state index in [-0.39, 0.29) is 18.0 Å². The second-order valence-electron chi connectivity index (χ2n) is 5.99. The maximum Gasteiger partial charge on any atom is 0.341 e. The van der Waals surface area contributed by atoms with Gasteiger partial charge in [0.15, 0.2) is 0 Å². The highest BCUT2D eigenvalue weighted by Gasteiger charge is 2.49. The summed E-state index contributed by atoms with van der Waals surface area (Å²) < 4.78 is 10.2. The van der Waals surface area contributed by atoms with Crippen LogP contribution in [0.4, 0.5) is 4.79 Å². The van der Waals surface area contributed by atoms with Crippen molar-refractivity contribution in [2.45, 2.75) is 25.9 Å². The minimum Gasteiger partial charge on any atom is -0.465 e. The topological polar surface area (TPSA) is 88.9 Å². The smallest absolute Gasteiger partial charge is 0.341 e. The second-order valence-corrected chi connectivity index (χ2v) is 5.99. The molecule has 7 nitrogen and oxygen atoms in total. The average Bonchev–Trinajstić information content (AvgIpc) is 3.08. The van der Waals surface area contributed by atoms with Gasteiger partial charge in [0.05, 0.1) is 13.7 Å². The third-order valence-corrected chi connectivity index (χ3v) is 4.31. The number of nitrogens with one attached hydrogen (secondary N) is 1. The Balaban J connectivity index is 1.86. The predicted octanol–water partition coefficient (Wildman–Crippen LogP) is 2.34. The Hall–Kier alpha value is -3.09. The summed E-state index contributed by atoms with van der Waals surface area (Å²) in [6, 6.07) is 10.0. The first-order valence-corrected chi connectivity index (χ1v) is 7.74. The highest BCUT2D eigenvalue weighted by molar-refractivity contribution is 6.07. The summed E-state index contributed by atoms with van der Waals surface area (Å²) in [7, 11) is 1.27. The van der Waals surface area contributed by atoms with Gasteiger partial charge in [-0.2, -0.15) is 0 Å². The summed E-state index contributed by atoms with van der Waals surface area (Å²) >= 11 is 0. The van der Waals surface area contributed by atoms with Gasteiger partial charge in [0, 0.05) is 0 Å². The molecule has 0 spiro atoms. The number of ether oxygens (including phenoxy) is 1. The Labute approximate surface area is 144 Å². The highest BCUT2D eigenvalue weighted by Crippen LogP contribution is 2.30. The van der Waals surface area contributed by atoms with Crippen LogP contribution in [0.3, 0.4) is 0 Å². The zero-order valence-electron chi connectivity index (χ0n) is 14.2. The zero-order valence-corrected chi connectivity index (χ0v) is 14.2. The number of methoxy groups -OCH3 is 1. The molecule has 1 saturated heterocycles. The van der Waals surface area contributed by atoms with E-state index < -0.39 is 17.5 Å². The predicted molar refractivity (Wildman–Crippen MR) is 87.7 cm³/mol. The van der Waals surface area contributed by atoms with Crippen molar-refractivity contribution in [2.75, 3.05) is 7.11 Å². The second kappa shape index (κ2) is 6.08. The Morgan fingerprint density at radius 3 is 2.60 bits per heavy atom. The Morgan fingerprint density at radius 1 is 1.28 bits per heavy atom. The summed E-state index contributed by atoms with van der Waals surface area (Å²) in [5, 5.41) is 2.73. The number of carbonyl (C=O) groups is 3. The molecule has 130 valence electrons. The Morgan fingerprint density at radius 2 is 1.96 bits per heavy atom. The van der Waals surface area contributed by atoms with Gasteiger partial charge in [-0.3, -0.25) is 9.69 Å². The molecule has 1 fully saturated rings. The molecular formula is C18H18N2O5. The summed E-state index contributed by atoms with van der Waals surface area (Å²) in [5.41, 5.74) is -0.164. The Bertz CT molecular complexity index is 842. The SMILES string of the molecule is COC(=O)c1cc(CN2C(=O)N[C@](C)(c3ccccc3)C2=O)oc1C. The number of hydrogen-bond donors (Lipinski definition) is 1. The summed E-state index contributed by atoms with van der Waals surface area (Å²) in [6.45, 7) is 3.22. The van der Waals surface area contributed by atoms with Crippen molar-refractivity contribution < 1.29 is 23.5 Å². The summed E-state index contributed by atoms with van der Waals surface area (Å²) in [5.74, 6) is -0.199.